The molecule has 0 aliphatic carbocycles. The second-order valence-corrected chi connectivity index (χ2v) is 24.8. The zero-order valence-electron chi connectivity index (χ0n) is 55.7. The highest BCUT2D eigenvalue weighted by atomic mass is 16.6. The molecule has 0 aliphatic rings. The molecule has 6 nitrogen and oxygen atoms in total. The summed E-state index contributed by atoms with van der Waals surface area (Å²) < 4.78 is 17.0. The van der Waals surface area contributed by atoms with Crippen molar-refractivity contribution in [3.63, 3.8) is 0 Å². The summed E-state index contributed by atoms with van der Waals surface area (Å²) in [6, 6.07) is 0. The predicted molar refractivity (Wildman–Crippen MR) is 362 cm³/mol. The molecule has 1 atom stereocenters. The first-order chi connectivity index (χ1) is 41.0. The summed E-state index contributed by atoms with van der Waals surface area (Å²) in [5.41, 5.74) is 0. The van der Waals surface area contributed by atoms with E-state index in [9.17, 15) is 14.4 Å². The van der Waals surface area contributed by atoms with E-state index in [2.05, 4.69) is 81.5 Å². The van der Waals surface area contributed by atoms with Crippen LogP contribution in [0.25, 0.3) is 0 Å². The fourth-order valence-corrected chi connectivity index (χ4v) is 11.0. The Labute approximate surface area is 517 Å². The molecule has 0 aliphatic heterocycles. The van der Waals surface area contributed by atoms with Crippen LogP contribution >= 0.6 is 0 Å². The van der Waals surface area contributed by atoms with Gasteiger partial charge in [-0.05, 0) is 83.5 Å². The molecule has 0 amide bonds. The van der Waals surface area contributed by atoms with Gasteiger partial charge >= 0.3 is 17.9 Å². The van der Waals surface area contributed by atoms with Crippen LogP contribution in [0.15, 0.2) is 60.8 Å². The Hall–Kier alpha value is -2.89. The summed E-state index contributed by atoms with van der Waals surface area (Å²) in [5, 5.41) is 0. The van der Waals surface area contributed by atoms with Crippen LogP contribution in [0, 0.1) is 0 Å². The van der Waals surface area contributed by atoms with Gasteiger partial charge in [0.1, 0.15) is 13.2 Å². The number of ether oxygens (including phenoxy) is 3. The third-order valence-electron chi connectivity index (χ3n) is 16.5. The van der Waals surface area contributed by atoms with Gasteiger partial charge in [0.15, 0.2) is 6.10 Å². The summed E-state index contributed by atoms with van der Waals surface area (Å²) in [6.07, 6.45) is 92.7. The van der Waals surface area contributed by atoms with E-state index in [1.54, 1.807) is 0 Å². The zero-order chi connectivity index (χ0) is 59.9. The minimum absolute atomic E-state index is 0.0687. The monoisotopic (exact) mass is 1160 g/mol. The highest BCUT2D eigenvalue weighted by Crippen LogP contribution is 2.19. The average molecular weight is 1160 g/mol. The summed E-state index contributed by atoms with van der Waals surface area (Å²) >= 11 is 0. The zero-order valence-corrected chi connectivity index (χ0v) is 55.7. The molecular formula is C77H140O6. The molecule has 0 rings (SSSR count). The quantitative estimate of drug-likeness (QED) is 0.0261. The molecular weight excluding hydrogens is 1020 g/mol. The van der Waals surface area contributed by atoms with Crippen molar-refractivity contribution >= 4 is 17.9 Å². The molecule has 1 unspecified atom stereocenters. The van der Waals surface area contributed by atoms with Gasteiger partial charge in [-0.3, -0.25) is 14.4 Å². The fourth-order valence-electron chi connectivity index (χ4n) is 11.0. The standard InChI is InChI=1S/C77H140O6/c1-4-7-10-13-16-19-22-25-27-29-31-32-33-34-35-36-37-38-39-40-41-42-43-44-45-46-47-49-50-52-55-58-61-64-67-70-76(79)82-73-74(72-81-75(78)69-66-63-60-57-54-24-21-18-15-12-9-6-3)83-77(80)71-68-65-62-59-56-53-51-48-30-28-26-23-20-17-14-11-8-5-2/h7,10,16,19,25,27-28,30-32,74H,4-6,8-9,11-15,17-18,20-24,26,29,33-73H2,1-3H3/b10-7-,19-16-,27-25-,30-28-,32-31-. The maximum absolute atomic E-state index is 12.9. The molecule has 0 spiro atoms. The highest BCUT2D eigenvalue weighted by molar-refractivity contribution is 5.71. The molecule has 0 heterocycles. The lowest BCUT2D eigenvalue weighted by Crippen LogP contribution is -2.30. The van der Waals surface area contributed by atoms with Crippen LogP contribution < -0.4 is 0 Å². The number of carbonyl (C=O) groups excluding carboxylic acids is 3. The van der Waals surface area contributed by atoms with Crippen molar-refractivity contribution in [2.24, 2.45) is 0 Å². The first-order valence-electron chi connectivity index (χ1n) is 36.8. The van der Waals surface area contributed by atoms with E-state index in [1.807, 2.05) is 0 Å². The number of allylic oxidation sites excluding steroid dienone is 10. The molecule has 83 heavy (non-hydrogen) atoms. The van der Waals surface area contributed by atoms with Gasteiger partial charge in [0.05, 0.1) is 0 Å². The third-order valence-corrected chi connectivity index (χ3v) is 16.5. The van der Waals surface area contributed by atoms with Gasteiger partial charge in [-0.1, -0.05) is 351 Å². The SMILES string of the molecule is CC/C=C\C/C=C\C/C=C\C/C=C\CCCCCCCCCCCCCCCCCCCCCCCCC(=O)OCC(COC(=O)CCCCCCCCCCCCCC)OC(=O)CCCCCCCCC/C=C\CCCCCCCCC. The largest absolute Gasteiger partial charge is 0.462 e. The first-order valence-corrected chi connectivity index (χ1v) is 36.8. The number of esters is 3. The number of unbranched alkanes of at least 4 members (excludes halogenated alkanes) is 47. The van der Waals surface area contributed by atoms with Crippen LogP contribution in [-0.2, 0) is 28.6 Å². The normalized spacial score (nSPS) is 12.4. The molecule has 6 heteroatoms. The van der Waals surface area contributed by atoms with E-state index >= 15 is 0 Å². The second-order valence-electron chi connectivity index (χ2n) is 24.8. The Morgan fingerprint density at radius 3 is 0.747 bits per heavy atom. The van der Waals surface area contributed by atoms with Crippen LogP contribution in [0.1, 0.15) is 393 Å². The Kier molecular flexibility index (Phi) is 69.1. The van der Waals surface area contributed by atoms with Crippen LogP contribution in [0.4, 0.5) is 0 Å². The predicted octanol–water partition coefficient (Wildman–Crippen LogP) is 25.5. The summed E-state index contributed by atoms with van der Waals surface area (Å²) in [7, 11) is 0. The van der Waals surface area contributed by atoms with Gasteiger partial charge in [0.2, 0.25) is 0 Å². The lowest BCUT2D eigenvalue weighted by Gasteiger charge is -2.18. The lowest BCUT2D eigenvalue weighted by molar-refractivity contribution is -0.167. The molecule has 0 aromatic rings. The molecule has 0 N–H and O–H groups in total. The van der Waals surface area contributed by atoms with Gasteiger partial charge in [-0.15, -0.1) is 0 Å². The van der Waals surface area contributed by atoms with Crippen LogP contribution in [-0.4, -0.2) is 37.2 Å². The van der Waals surface area contributed by atoms with Crippen molar-refractivity contribution in [3.05, 3.63) is 60.8 Å². The average Bonchev–Trinajstić information content (AvgIpc) is 3.49. The minimum Gasteiger partial charge on any atom is -0.462 e. The minimum atomic E-state index is -0.772. The van der Waals surface area contributed by atoms with E-state index in [-0.39, 0.29) is 31.1 Å². The topological polar surface area (TPSA) is 78.9 Å². The molecule has 0 saturated heterocycles. The molecule has 0 radical (unpaired) electrons. The number of hydrogen-bond donors (Lipinski definition) is 0. The Bertz CT molecular complexity index is 1470. The Morgan fingerprint density at radius 1 is 0.253 bits per heavy atom. The maximum atomic E-state index is 12.9. The van der Waals surface area contributed by atoms with Gasteiger partial charge < -0.3 is 14.2 Å². The van der Waals surface area contributed by atoms with Crippen LogP contribution in [0.3, 0.4) is 0 Å². The van der Waals surface area contributed by atoms with Crippen molar-refractivity contribution in [3.8, 4) is 0 Å². The van der Waals surface area contributed by atoms with Crippen molar-refractivity contribution < 1.29 is 28.6 Å². The molecule has 0 fully saturated rings. The van der Waals surface area contributed by atoms with Gasteiger partial charge in [0.25, 0.3) is 0 Å². The Morgan fingerprint density at radius 2 is 0.470 bits per heavy atom. The molecule has 0 aromatic heterocycles. The van der Waals surface area contributed by atoms with Gasteiger partial charge in [-0.25, -0.2) is 0 Å². The van der Waals surface area contributed by atoms with E-state index in [0.29, 0.717) is 19.3 Å². The number of carbonyl (C=O) groups is 3. The van der Waals surface area contributed by atoms with Gasteiger partial charge in [-0.2, -0.15) is 0 Å². The molecule has 0 bridgehead atoms. The van der Waals surface area contributed by atoms with Crippen LogP contribution in [0.2, 0.25) is 0 Å². The van der Waals surface area contributed by atoms with Crippen LogP contribution in [0.5, 0.6) is 0 Å². The second kappa shape index (κ2) is 71.6. The molecule has 0 saturated carbocycles. The highest BCUT2D eigenvalue weighted by Gasteiger charge is 2.19. The smallest absolute Gasteiger partial charge is 0.306 e. The van der Waals surface area contributed by atoms with Crippen molar-refractivity contribution in [2.45, 2.75) is 399 Å². The Balaban J connectivity index is 4.08. The lowest BCUT2D eigenvalue weighted by atomic mass is 10.0. The van der Waals surface area contributed by atoms with Crippen molar-refractivity contribution in [1.82, 2.24) is 0 Å². The van der Waals surface area contributed by atoms with Gasteiger partial charge in [0, 0.05) is 19.3 Å². The fraction of sp³-hybridized carbons (Fsp3) is 0.831. The molecule has 0 aromatic carbocycles. The summed E-state index contributed by atoms with van der Waals surface area (Å²) in [6.45, 7) is 6.58. The number of hydrogen-bond acceptors (Lipinski definition) is 6. The maximum Gasteiger partial charge on any atom is 0.306 e. The van der Waals surface area contributed by atoms with Crippen molar-refractivity contribution in [2.75, 3.05) is 13.2 Å². The van der Waals surface area contributed by atoms with E-state index in [0.717, 1.165) is 83.5 Å². The number of rotatable bonds is 68. The first kappa shape index (κ1) is 80.1. The van der Waals surface area contributed by atoms with E-state index < -0.39 is 6.10 Å². The third kappa shape index (κ3) is 69.8. The van der Waals surface area contributed by atoms with Crippen molar-refractivity contribution in [1.29, 1.82) is 0 Å². The summed E-state index contributed by atoms with van der Waals surface area (Å²) in [5.74, 6) is -0.846. The van der Waals surface area contributed by atoms with E-state index in [4.69, 9.17) is 14.2 Å². The summed E-state index contributed by atoms with van der Waals surface area (Å²) in [4.78, 5) is 38.4. The van der Waals surface area contributed by atoms with E-state index in [1.165, 1.54) is 270 Å². The molecule has 484 valence electrons.